The highest BCUT2D eigenvalue weighted by Gasteiger charge is 2.63. The molecule has 6 nitrogen and oxygen atoms in total. The van der Waals surface area contributed by atoms with E-state index >= 15 is 0 Å². The molecule has 1 spiro atoms. The first-order valence-electron chi connectivity index (χ1n) is 6.83. The van der Waals surface area contributed by atoms with Crippen molar-refractivity contribution < 1.29 is 14.4 Å². The Balaban J connectivity index is 1.85. The molecule has 2 atom stereocenters. The molecule has 0 bridgehead atoms. The Morgan fingerprint density at radius 3 is 2.53 bits per heavy atom. The highest BCUT2D eigenvalue weighted by molar-refractivity contribution is 6.21. The number of hydrogen-bond donors (Lipinski definition) is 1. The normalized spacial score (nSPS) is 34.6. The van der Waals surface area contributed by atoms with Crippen LogP contribution in [0, 0.1) is 11.3 Å². The number of amides is 4. The second kappa shape index (κ2) is 4.03. The summed E-state index contributed by atoms with van der Waals surface area (Å²) in [5.74, 6) is -0.445. The van der Waals surface area contributed by atoms with E-state index in [9.17, 15) is 14.4 Å². The van der Waals surface area contributed by atoms with E-state index in [4.69, 9.17) is 0 Å². The van der Waals surface area contributed by atoms with Crippen LogP contribution in [-0.4, -0.2) is 53.8 Å². The van der Waals surface area contributed by atoms with Gasteiger partial charge in [0.25, 0.3) is 0 Å². The Morgan fingerprint density at radius 1 is 1.26 bits per heavy atom. The number of carbonyl (C=O) groups is 3. The van der Waals surface area contributed by atoms with Crippen LogP contribution in [0.25, 0.3) is 0 Å². The third-order valence-electron chi connectivity index (χ3n) is 4.65. The average molecular weight is 265 g/mol. The molecule has 0 radical (unpaired) electrons. The number of urea groups is 1. The molecule has 0 aromatic carbocycles. The third-order valence-corrected chi connectivity index (χ3v) is 4.65. The lowest BCUT2D eigenvalue weighted by atomic mass is 9.90. The van der Waals surface area contributed by atoms with Gasteiger partial charge in [-0.3, -0.25) is 19.8 Å². The molecule has 0 aromatic rings. The Kier molecular flexibility index (Phi) is 2.67. The zero-order chi connectivity index (χ0) is 13.8. The van der Waals surface area contributed by atoms with E-state index in [2.05, 4.69) is 17.1 Å². The number of piperidine rings is 1. The van der Waals surface area contributed by atoms with Gasteiger partial charge in [0.2, 0.25) is 11.8 Å². The maximum Gasteiger partial charge on any atom is 0.331 e. The molecule has 1 saturated carbocycles. The van der Waals surface area contributed by atoms with Crippen LogP contribution in [0.5, 0.6) is 0 Å². The van der Waals surface area contributed by atoms with Crippen LogP contribution in [0.15, 0.2) is 0 Å². The van der Waals surface area contributed by atoms with Crippen LogP contribution >= 0.6 is 0 Å². The molecule has 1 N–H and O–H groups in total. The van der Waals surface area contributed by atoms with Gasteiger partial charge in [-0.25, -0.2) is 4.79 Å². The van der Waals surface area contributed by atoms with Crippen molar-refractivity contribution in [3.8, 4) is 0 Å². The molecule has 3 fully saturated rings. The monoisotopic (exact) mass is 265 g/mol. The summed E-state index contributed by atoms with van der Waals surface area (Å²) in [5, 5.41) is 2.36. The van der Waals surface area contributed by atoms with E-state index in [1.165, 1.54) is 4.90 Å². The van der Waals surface area contributed by atoms with Gasteiger partial charge in [-0.1, -0.05) is 6.92 Å². The van der Waals surface area contributed by atoms with Crippen molar-refractivity contribution in [2.75, 3.05) is 20.1 Å². The zero-order valence-corrected chi connectivity index (χ0v) is 11.3. The molecule has 3 rings (SSSR count). The number of rotatable bonds is 1. The Hall–Kier alpha value is -1.43. The highest BCUT2D eigenvalue weighted by Crippen LogP contribution is 2.49. The van der Waals surface area contributed by atoms with Crippen molar-refractivity contribution in [2.45, 2.75) is 32.2 Å². The van der Waals surface area contributed by atoms with Crippen molar-refractivity contribution in [2.24, 2.45) is 11.3 Å². The van der Waals surface area contributed by atoms with Crippen molar-refractivity contribution in [1.82, 2.24) is 15.1 Å². The van der Waals surface area contributed by atoms with Crippen LogP contribution in [0.2, 0.25) is 0 Å². The second-order valence-electron chi connectivity index (χ2n) is 6.11. The standard InChI is InChI=1S/C13H19N3O3/c1-8-7-15(2)6-3-9(8)16-11(18)13(4-5-13)10(17)14-12(16)19/h8-9H,3-7H2,1-2H3,(H,14,17,19). The summed E-state index contributed by atoms with van der Waals surface area (Å²) in [6.07, 6.45) is 1.92. The van der Waals surface area contributed by atoms with E-state index in [-0.39, 0.29) is 17.9 Å². The van der Waals surface area contributed by atoms with Gasteiger partial charge in [0, 0.05) is 12.6 Å². The van der Waals surface area contributed by atoms with Crippen molar-refractivity contribution in [3.63, 3.8) is 0 Å². The van der Waals surface area contributed by atoms with Gasteiger partial charge >= 0.3 is 6.03 Å². The first-order chi connectivity index (χ1) is 8.95. The number of carbonyl (C=O) groups excluding carboxylic acids is 3. The van der Waals surface area contributed by atoms with Crippen LogP contribution in [-0.2, 0) is 9.59 Å². The van der Waals surface area contributed by atoms with Crippen molar-refractivity contribution >= 4 is 17.8 Å². The van der Waals surface area contributed by atoms with Crippen LogP contribution in [0.4, 0.5) is 4.79 Å². The molecule has 2 heterocycles. The van der Waals surface area contributed by atoms with Crippen LogP contribution in [0.1, 0.15) is 26.2 Å². The number of nitrogens with zero attached hydrogens (tertiary/aromatic N) is 2. The lowest BCUT2D eigenvalue weighted by Gasteiger charge is -2.43. The van der Waals surface area contributed by atoms with Gasteiger partial charge in [-0.05, 0) is 38.8 Å². The minimum absolute atomic E-state index is 0.0886. The number of imide groups is 2. The van der Waals surface area contributed by atoms with Gasteiger partial charge in [-0.2, -0.15) is 0 Å². The zero-order valence-electron chi connectivity index (χ0n) is 11.3. The largest absolute Gasteiger partial charge is 0.331 e. The van der Waals surface area contributed by atoms with E-state index < -0.39 is 17.4 Å². The maximum atomic E-state index is 12.5. The quantitative estimate of drug-likeness (QED) is 0.687. The van der Waals surface area contributed by atoms with Crippen molar-refractivity contribution in [3.05, 3.63) is 0 Å². The predicted octanol–water partition coefficient (Wildman–Crippen LogP) is 0.185. The minimum atomic E-state index is -0.920. The van der Waals surface area contributed by atoms with Crippen LogP contribution < -0.4 is 5.32 Å². The average Bonchev–Trinajstić information content (AvgIpc) is 3.11. The highest BCUT2D eigenvalue weighted by atomic mass is 16.2. The molecule has 19 heavy (non-hydrogen) atoms. The summed E-state index contributed by atoms with van der Waals surface area (Å²) < 4.78 is 0. The molecular formula is C13H19N3O3. The lowest BCUT2D eigenvalue weighted by molar-refractivity contribution is -0.147. The maximum absolute atomic E-state index is 12.5. The molecule has 0 aromatic heterocycles. The third kappa shape index (κ3) is 1.77. The van der Waals surface area contributed by atoms with Crippen LogP contribution in [0.3, 0.4) is 0 Å². The fraction of sp³-hybridized carbons (Fsp3) is 0.769. The van der Waals surface area contributed by atoms with Gasteiger partial charge in [-0.15, -0.1) is 0 Å². The summed E-state index contributed by atoms with van der Waals surface area (Å²) >= 11 is 0. The first-order valence-corrected chi connectivity index (χ1v) is 6.83. The summed E-state index contributed by atoms with van der Waals surface area (Å²) in [4.78, 5) is 39.8. The molecule has 3 aliphatic rings. The topological polar surface area (TPSA) is 69.7 Å². The summed E-state index contributed by atoms with van der Waals surface area (Å²) in [6.45, 7) is 3.78. The number of likely N-dealkylation sites (tertiary alicyclic amines) is 1. The number of nitrogens with one attached hydrogen (secondary N) is 1. The number of hydrogen-bond acceptors (Lipinski definition) is 4. The van der Waals surface area contributed by atoms with E-state index in [0.29, 0.717) is 12.8 Å². The summed E-state index contributed by atoms with van der Waals surface area (Å²) in [5.41, 5.74) is -0.920. The molecule has 2 aliphatic heterocycles. The molecule has 4 amide bonds. The van der Waals surface area contributed by atoms with Gasteiger partial charge < -0.3 is 4.90 Å². The minimum Gasteiger partial charge on any atom is -0.306 e. The van der Waals surface area contributed by atoms with Crippen molar-refractivity contribution in [1.29, 1.82) is 0 Å². The fourth-order valence-electron chi connectivity index (χ4n) is 3.29. The lowest BCUT2D eigenvalue weighted by Crippen LogP contribution is -2.64. The van der Waals surface area contributed by atoms with E-state index in [1.807, 2.05) is 7.05 Å². The van der Waals surface area contributed by atoms with E-state index in [0.717, 1.165) is 19.5 Å². The summed E-state index contributed by atoms with van der Waals surface area (Å²) in [7, 11) is 2.04. The molecule has 2 unspecified atom stereocenters. The fourth-order valence-corrected chi connectivity index (χ4v) is 3.29. The molecule has 104 valence electrons. The Morgan fingerprint density at radius 2 is 1.95 bits per heavy atom. The molecule has 1 aliphatic carbocycles. The molecule has 2 saturated heterocycles. The van der Waals surface area contributed by atoms with Gasteiger partial charge in [0.05, 0.1) is 0 Å². The molecule has 6 heteroatoms. The first kappa shape index (κ1) is 12.6. The van der Waals surface area contributed by atoms with E-state index in [1.54, 1.807) is 0 Å². The van der Waals surface area contributed by atoms with Gasteiger partial charge in [0.1, 0.15) is 5.41 Å². The summed E-state index contributed by atoms with van der Waals surface area (Å²) in [6, 6.07) is -0.622. The predicted molar refractivity (Wildman–Crippen MR) is 67.1 cm³/mol. The Bertz CT molecular complexity index is 458. The molecular weight excluding hydrogens is 246 g/mol. The van der Waals surface area contributed by atoms with Gasteiger partial charge in [0.15, 0.2) is 0 Å². The Labute approximate surface area is 112 Å². The second-order valence-corrected chi connectivity index (χ2v) is 6.11. The SMILES string of the molecule is CC1CN(C)CCC1N1C(=O)NC(=O)C2(CC2)C1=O. The smallest absolute Gasteiger partial charge is 0.306 e. The number of barbiturate groups is 1.